The average Bonchev–Trinajstić information content (AvgIpc) is 2.89. The maximum absolute atomic E-state index is 12.8. The molecule has 0 aliphatic carbocycles. The summed E-state index contributed by atoms with van der Waals surface area (Å²) in [6.45, 7) is 0. The molecule has 4 aromatic rings. The topological polar surface area (TPSA) is 135 Å². The fourth-order valence-electron chi connectivity index (χ4n) is 3.22. The van der Waals surface area contributed by atoms with Crippen molar-refractivity contribution in [3.63, 3.8) is 0 Å². The lowest BCUT2D eigenvalue weighted by Crippen LogP contribution is -2.43. The summed E-state index contributed by atoms with van der Waals surface area (Å²) in [5.74, 6) is 0.0799. The number of nitriles is 1. The van der Waals surface area contributed by atoms with E-state index in [1.54, 1.807) is 54.6 Å². The number of phenolic OH excluding ortho intramolecular Hbond substituents is 1. The fourth-order valence-corrected chi connectivity index (χ4v) is 3.44. The predicted octanol–water partition coefficient (Wildman–Crippen LogP) is 5.90. The van der Waals surface area contributed by atoms with Crippen molar-refractivity contribution in [2.24, 2.45) is 5.18 Å². The van der Waals surface area contributed by atoms with Crippen molar-refractivity contribution in [3.8, 4) is 11.8 Å². The van der Waals surface area contributed by atoms with Crippen LogP contribution in [0.25, 0.3) is 0 Å². The molecule has 0 unspecified atom stereocenters. The van der Waals surface area contributed by atoms with E-state index in [9.17, 15) is 14.8 Å². The highest BCUT2D eigenvalue weighted by molar-refractivity contribution is 6.34. The van der Waals surface area contributed by atoms with Crippen molar-refractivity contribution in [3.05, 3.63) is 101 Å². The highest BCUT2D eigenvalue weighted by Crippen LogP contribution is 2.38. The Morgan fingerprint density at radius 3 is 2.34 bits per heavy atom. The van der Waals surface area contributed by atoms with E-state index in [4.69, 9.17) is 16.9 Å². The molecule has 2 N–H and O–H groups in total. The Hall–Kier alpha value is -5.01. The quantitative estimate of drug-likeness (QED) is 0.254. The highest BCUT2D eigenvalue weighted by Gasteiger charge is 2.30. The number of hydrogen-bond acceptors (Lipinski definition) is 8. The Labute approximate surface area is 204 Å². The van der Waals surface area contributed by atoms with Gasteiger partial charge in [0.25, 0.3) is 0 Å². The molecule has 172 valence electrons. The molecule has 1 heterocycles. The second-order valence-electron chi connectivity index (χ2n) is 6.99. The van der Waals surface area contributed by atoms with E-state index in [1.807, 2.05) is 6.07 Å². The third kappa shape index (κ3) is 5.00. The van der Waals surface area contributed by atoms with Crippen LogP contribution in [0.2, 0.25) is 5.02 Å². The summed E-state index contributed by atoms with van der Waals surface area (Å²) in [4.78, 5) is 32.8. The number of benzene rings is 3. The number of rotatable bonds is 6. The van der Waals surface area contributed by atoms with E-state index in [1.165, 1.54) is 35.5 Å². The van der Waals surface area contributed by atoms with Gasteiger partial charge < -0.3 is 10.4 Å². The van der Waals surface area contributed by atoms with E-state index in [-0.39, 0.29) is 33.9 Å². The van der Waals surface area contributed by atoms with E-state index >= 15 is 0 Å². The molecule has 0 saturated heterocycles. The molecule has 35 heavy (non-hydrogen) atoms. The van der Waals surface area contributed by atoms with Crippen LogP contribution >= 0.6 is 11.6 Å². The van der Waals surface area contributed by atoms with Gasteiger partial charge in [-0.2, -0.15) is 15.3 Å². The van der Waals surface area contributed by atoms with Gasteiger partial charge in [-0.25, -0.2) is 14.8 Å². The number of carbonyl (C=O) groups is 1. The first-order chi connectivity index (χ1) is 17.0. The van der Waals surface area contributed by atoms with Crippen LogP contribution in [0.3, 0.4) is 0 Å². The van der Waals surface area contributed by atoms with Crippen LogP contribution in [0, 0.1) is 16.2 Å². The van der Waals surface area contributed by atoms with Crippen molar-refractivity contribution in [1.82, 2.24) is 9.97 Å². The number of anilines is 5. The number of carbonyl (C=O) groups excluding carboxylic acids is 1. The molecule has 0 saturated carbocycles. The zero-order chi connectivity index (χ0) is 24.8. The Bertz CT molecular complexity index is 1420. The van der Waals surface area contributed by atoms with Crippen LogP contribution < -0.4 is 15.3 Å². The first kappa shape index (κ1) is 23.2. The zero-order valence-corrected chi connectivity index (χ0v) is 18.7. The number of halogens is 1. The summed E-state index contributed by atoms with van der Waals surface area (Å²) in [7, 11) is 0. The van der Waals surface area contributed by atoms with Gasteiger partial charge in [-0.15, -0.1) is 4.91 Å². The van der Waals surface area contributed by atoms with Crippen LogP contribution in [0.4, 0.5) is 33.6 Å². The van der Waals surface area contributed by atoms with Crippen molar-refractivity contribution < 1.29 is 9.90 Å². The predicted molar refractivity (Wildman–Crippen MR) is 132 cm³/mol. The molecule has 0 spiro atoms. The second kappa shape index (κ2) is 10.3. The number of hydrogen-bond donors (Lipinski definition) is 2. The van der Waals surface area contributed by atoms with Gasteiger partial charge in [0.2, 0.25) is 5.95 Å². The summed E-state index contributed by atoms with van der Waals surface area (Å²) in [5, 5.41) is 27.5. The Kier molecular flexibility index (Phi) is 6.81. The first-order valence-electron chi connectivity index (χ1n) is 10.1. The monoisotopic (exact) mass is 485 g/mol. The maximum atomic E-state index is 12.8. The number of aromatic hydroxyl groups is 1. The molecule has 2 amide bonds. The Balaban J connectivity index is 1.84. The number of hydrazine groups is 1. The molecule has 0 aliphatic rings. The molecule has 3 aromatic carbocycles. The van der Waals surface area contributed by atoms with Crippen LogP contribution in [0.15, 0.2) is 90.2 Å². The number of amides is 2. The van der Waals surface area contributed by atoms with Crippen LogP contribution in [-0.2, 0) is 0 Å². The molecule has 0 aliphatic heterocycles. The van der Waals surface area contributed by atoms with E-state index in [0.717, 1.165) is 5.01 Å². The summed E-state index contributed by atoms with van der Waals surface area (Å²) in [6.07, 6.45) is 1.44. The number of urea groups is 1. The smallest absolute Gasteiger partial charge is 0.404 e. The number of phenols is 1. The van der Waals surface area contributed by atoms with Crippen molar-refractivity contribution in [2.45, 2.75) is 0 Å². The molecule has 0 bridgehead atoms. The largest absolute Gasteiger partial charge is 0.506 e. The number of nitroso groups, excluding NO2 is 1. The van der Waals surface area contributed by atoms with Crippen molar-refractivity contribution in [2.75, 3.05) is 15.3 Å². The van der Waals surface area contributed by atoms with Gasteiger partial charge in [0.05, 0.1) is 22.3 Å². The molecule has 0 fully saturated rings. The fraction of sp³-hybridized carbons (Fsp3) is 0. The molecule has 0 radical (unpaired) electrons. The van der Waals surface area contributed by atoms with Crippen LogP contribution in [0.1, 0.15) is 5.56 Å². The highest BCUT2D eigenvalue weighted by atomic mass is 35.5. The molecule has 10 nitrogen and oxygen atoms in total. The molecule has 1 aromatic heterocycles. The van der Waals surface area contributed by atoms with E-state index in [2.05, 4.69) is 20.5 Å². The molecule has 0 atom stereocenters. The van der Waals surface area contributed by atoms with Gasteiger partial charge in [0, 0.05) is 23.1 Å². The van der Waals surface area contributed by atoms with Gasteiger partial charge in [-0.1, -0.05) is 35.9 Å². The van der Waals surface area contributed by atoms with Crippen LogP contribution in [0.5, 0.6) is 5.75 Å². The maximum Gasteiger partial charge on any atom is 0.404 e. The third-order valence-corrected chi connectivity index (χ3v) is 5.10. The average molecular weight is 486 g/mol. The third-order valence-electron chi connectivity index (χ3n) is 4.78. The summed E-state index contributed by atoms with van der Waals surface area (Å²) in [6, 6.07) is 21.5. The molecule has 4 rings (SSSR count). The molecular formula is C24H16ClN7O3. The Morgan fingerprint density at radius 1 is 1.00 bits per heavy atom. The zero-order valence-electron chi connectivity index (χ0n) is 17.9. The van der Waals surface area contributed by atoms with Gasteiger partial charge in [0.1, 0.15) is 11.4 Å². The van der Waals surface area contributed by atoms with Gasteiger partial charge >= 0.3 is 6.03 Å². The summed E-state index contributed by atoms with van der Waals surface area (Å²) in [5.41, 5.74) is 1.38. The summed E-state index contributed by atoms with van der Waals surface area (Å²) >= 11 is 6.35. The Morgan fingerprint density at radius 2 is 1.69 bits per heavy atom. The summed E-state index contributed by atoms with van der Waals surface area (Å²) < 4.78 is 0. The molecule has 11 heteroatoms. The minimum Gasteiger partial charge on any atom is -0.506 e. The lowest BCUT2D eigenvalue weighted by molar-refractivity contribution is 0.254. The number of para-hydroxylation sites is 3. The van der Waals surface area contributed by atoms with E-state index < -0.39 is 6.03 Å². The van der Waals surface area contributed by atoms with Crippen LogP contribution in [-0.4, -0.2) is 21.1 Å². The van der Waals surface area contributed by atoms with Gasteiger partial charge in [-0.3, -0.25) is 0 Å². The number of nitrogens with one attached hydrogen (secondary N) is 1. The SMILES string of the molecule is N#Cc1ccc(Nc2nccc(N(c3ccccc3O)N(C(=O)N=O)c3ccccc3Cl)n2)cc1. The van der Waals surface area contributed by atoms with E-state index in [0.29, 0.717) is 11.3 Å². The van der Waals surface area contributed by atoms with Crippen molar-refractivity contribution >= 4 is 46.5 Å². The lowest BCUT2D eigenvalue weighted by Gasteiger charge is -2.34. The number of aromatic nitrogens is 2. The van der Waals surface area contributed by atoms with Gasteiger partial charge in [-0.05, 0) is 48.5 Å². The number of nitrogens with zero attached hydrogens (tertiary/aromatic N) is 6. The van der Waals surface area contributed by atoms with Gasteiger partial charge in [0.15, 0.2) is 5.82 Å². The minimum absolute atomic E-state index is 0.120. The lowest BCUT2D eigenvalue weighted by atomic mass is 10.2. The normalized spacial score (nSPS) is 10.2. The first-order valence-corrected chi connectivity index (χ1v) is 10.5. The second-order valence-corrected chi connectivity index (χ2v) is 7.40. The minimum atomic E-state index is -1.19. The van der Waals surface area contributed by atoms with Crippen molar-refractivity contribution in [1.29, 1.82) is 5.26 Å². The molecular weight excluding hydrogens is 470 g/mol. The standard InChI is InChI=1S/C24H16ClN7O3/c25-18-5-1-2-6-19(18)32(24(34)30-35)31(20-7-3-4-8-21(20)33)22-13-14-27-23(29-22)28-17-11-9-16(15-26)10-12-17/h1-14,33H,(H,27,28,29).